The molecule has 3 N–H and O–H groups in total. The van der Waals surface area contributed by atoms with Crippen LogP contribution in [0.15, 0.2) is 48.5 Å². The molecule has 0 aliphatic heterocycles. The van der Waals surface area contributed by atoms with Gasteiger partial charge >= 0.3 is 0 Å². The maximum absolute atomic E-state index is 13.9. The van der Waals surface area contributed by atoms with Gasteiger partial charge in [0, 0.05) is 25.3 Å². The number of nitrogens with one attached hydrogen (secondary N) is 1. The number of rotatable bonds is 4. The van der Waals surface area contributed by atoms with Crippen molar-refractivity contribution >= 4 is 5.69 Å². The van der Waals surface area contributed by atoms with Crippen molar-refractivity contribution in [3.63, 3.8) is 0 Å². The summed E-state index contributed by atoms with van der Waals surface area (Å²) in [7, 11) is 3.93. The third-order valence-electron chi connectivity index (χ3n) is 3.10. The number of anilines is 1. The Hall–Kier alpha value is -1.91. The molecule has 0 aromatic heterocycles. The summed E-state index contributed by atoms with van der Waals surface area (Å²) in [5.74, 6) is 5.34. The summed E-state index contributed by atoms with van der Waals surface area (Å²) in [4.78, 5) is 2.00. The highest BCUT2D eigenvalue weighted by Crippen LogP contribution is 2.26. The van der Waals surface area contributed by atoms with Gasteiger partial charge in [-0.25, -0.2) is 9.82 Å². The summed E-state index contributed by atoms with van der Waals surface area (Å²) < 4.78 is 13.9. The lowest BCUT2D eigenvalue weighted by molar-refractivity contribution is 0.560. The first-order valence-electron chi connectivity index (χ1n) is 6.11. The average Bonchev–Trinajstić information content (AvgIpc) is 2.42. The minimum atomic E-state index is -0.360. The molecule has 0 fully saturated rings. The summed E-state index contributed by atoms with van der Waals surface area (Å²) >= 11 is 0. The fraction of sp³-hybridized carbons (Fsp3) is 0.200. The highest BCUT2D eigenvalue weighted by atomic mass is 19.1. The Bertz CT molecular complexity index is 555. The molecule has 1 atom stereocenters. The zero-order valence-electron chi connectivity index (χ0n) is 11.1. The van der Waals surface area contributed by atoms with E-state index in [0.717, 1.165) is 11.3 Å². The predicted octanol–water partition coefficient (Wildman–Crippen LogP) is 2.44. The van der Waals surface area contributed by atoms with Gasteiger partial charge in [-0.3, -0.25) is 5.84 Å². The second-order valence-corrected chi connectivity index (χ2v) is 4.61. The predicted molar refractivity (Wildman–Crippen MR) is 76.3 cm³/mol. The van der Waals surface area contributed by atoms with E-state index in [4.69, 9.17) is 5.84 Å². The molecule has 0 saturated heterocycles. The Kier molecular flexibility index (Phi) is 4.14. The van der Waals surface area contributed by atoms with Crippen LogP contribution in [0.3, 0.4) is 0 Å². The number of hydrogen-bond acceptors (Lipinski definition) is 3. The van der Waals surface area contributed by atoms with Crippen LogP contribution in [0.25, 0.3) is 0 Å². The summed E-state index contributed by atoms with van der Waals surface area (Å²) in [5, 5.41) is 0. The largest absolute Gasteiger partial charge is 0.378 e. The lowest BCUT2D eigenvalue weighted by atomic mass is 9.98. The first-order chi connectivity index (χ1) is 9.13. The fourth-order valence-corrected chi connectivity index (χ4v) is 2.06. The standard InChI is InChI=1S/C15H18FN3/c1-19(2)12-7-5-6-11(10-12)15(18-17)13-8-3-4-9-14(13)16/h3-10,15,18H,17H2,1-2H3. The minimum Gasteiger partial charge on any atom is -0.378 e. The van der Waals surface area contributed by atoms with E-state index in [1.165, 1.54) is 6.07 Å². The van der Waals surface area contributed by atoms with Crippen LogP contribution in [0.2, 0.25) is 0 Å². The minimum absolute atomic E-state index is 0.263. The van der Waals surface area contributed by atoms with Crippen molar-refractivity contribution in [2.24, 2.45) is 5.84 Å². The highest BCUT2D eigenvalue weighted by Gasteiger charge is 2.16. The lowest BCUT2D eigenvalue weighted by Gasteiger charge is -2.20. The van der Waals surface area contributed by atoms with Gasteiger partial charge in [-0.1, -0.05) is 30.3 Å². The second kappa shape index (κ2) is 5.82. The van der Waals surface area contributed by atoms with E-state index in [1.807, 2.05) is 43.3 Å². The maximum Gasteiger partial charge on any atom is 0.128 e. The summed E-state index contributed by atoms with van der Waals surface area (Å²) in [6.45, 7) is 0. The van der Waals surface area contributed by atoms with Gasteiger partial charge in [0.05, 0.1) is 6.04 Å². The molecule has 0 radical (unpaired) electrons. The molecule has 0 spiro atoms. The lowest BCUT2D eigenvalue weighted by Crippen LogP contribution is -2.29. The van der Waals surface area contributed by atoms with Gasteiger partial charge in [-0.05, 0) is 23.8 Å². The summed E-state index contributed by atoms with van der Waals surface area (Å²) in [5.41, 5.74) is 5.21. The van der Waals surface area contributed by atoms with E-state index >= 15 is 0 Å². The molecule has 0 saturated carbocycles. The van der Waals surface area contributed by atoms with Crippen LogP contribution in [0.5, 0.6) is 0 Å². The quantitative estimate of drug-likeness (QED) is 0.654. The summed E-state index contributed by atoms with van der Waals surface area (Å²) in [6.07, 6.45) is 0. The third kappa shape index (κ3) is 2.92. The van der Waals surface area contributed by atoms with Crippen molar-refractivity contribution in [2.75, 3.05) is 19.0 Å². The first kappa shape index (κ1) is 13.5. The molecule has 19 heavy (non-hydrogen) atoms. The van der Waals surface area contributed by atoms with E-state index in [0.29, 0.717) is 5.56 Å². The van der Waals surface area contributed by atoms with Crippen molar-refractivity contribution < 1.29 is 4.39 Å². The number of halogens is 1. The Morgan fingerprint density at radius 1 is 1.11 bits per heavy atom. The number of hydrogen-bond donors (Lipinski definition) is 2. The fourth-order valence-electron chi connectivity index (χ4n) is 2.06. The van der Waals surface area contributed by atoms with Crippen LogP contribution in [0.1, 0.15) is 17.2 Å². The molecule has 2 rings (SSSR count). The Labute approximate surface area is 112 Å². The molecular formula is C15H18FN3. The molecule has 0 aliphatic rings. The zero-order valence-corrected chi connectivity index (χ0v) is 11.1. The summed E-state index contributed by atoms with van der Waals surface area (Å²) in [6, 6.07) is 14.2. The van der Waals surface area contributed by atoms with Crippen molar-refractivity contribution in [1.82, 2.24) is 5.43 Å². The van der Waals surface area contributed by atoms with Crippen molar-refractivity contribution in [2.45, 2.75) is 6.04 Å². The second-order valence-electron chi connectivity index (χ2n) is 4.61. The number of hydrazine groups is 1. The molecule has 0 aliphatic carbocycles. The molecule has 3 nitrogen and oxygen atoms in total. The van der Waals surface area contributed by atoms with Gasteiger partial charge in [0.15, 0.2) is 0 Å². The topological polar surface area (TPSA) is 41.3 Å². The van der Waals surface area contributed by atoms with Gasteiger partial charge in [-0.2, -0.15) is 0 Å². The molecule has 2 aromatic carbocycles. The van der Waals surface area contributed by atoms with E-state index in [-0.39, 0.29) is 11.9 Å². The first-order valence-corrected chi connectivity index (χ1v) is 6.11. The Balaban J connectivity index is 2.43. The Morgan fingerprint density at radius 3 is 2.47 bits per heavy atom. The van der Waals surface area contributed by atoms with Crippen molar-refractivity contribution in [3.8, 4) is 0 Å². The van der Waals surface area contributed by atoms with E-state index in [2.05, 4.69) is 5.43 Å². The zero-order chi connectivity index (χ0) is 13.8. The normalized spacial score (nSPS) is 12.2. The van der Waals surface area contributed by atoms with Gasteiger partial charge in [0.2, 0.25) is 0 Å². The smallest absolute Gasteiger partial charge is 0.128 e. The maximum atomic E-state index is 13.9. The van der Waals surface area contributed by atoms with Gasteiger partial charge in [0.25, 0.3) is 0 Å². The highest BCUT2D eigenvalue weighted by molar-refractivity contribution is 5.49. The number of benzene rings is 2. The monoisotopic (exact) mass is 259 g/mol. The molecule has 4 heteroatoms. The van der Waals surface area contributed by atoms with Crippen LogP contribution in [-0.4, -0.2) is 14.1 Å². The third-order valence-corrected chi connectivity index (χ3v) is 3.10. The SMILES string of the molecule is CN(C)c1cccc(C(NN)c2ccccc2F)c1. The van der Waals surface area contributed by atoms with E-state index in [1.54, 1.807) is 18.2 Å². The van der Waals surface area contributed by atoms with Crippen LogP contribution in [-0.2, 0) is 0 Å². The molecule has 2 aromatic rings. The van der Waals surface area contributed by atoms with Crippen molar-refractivity contribution in [3.05, 3.63) is 65.5 Å². The molecule has 0 heterocycles. The van der Waals surface area contributed by atoms with Gasteiger partial charge < -0.3 is 4.90 Å². The number of nitrogens with two attached hydrogens (primary N) is 1. The van der Waals surface area contributed by atoms with Gasteiger partial charge in [0.1, 0.15) is 5.82 Å². The van der Waals surface area contributed by atoms with Crippen LogP contribution >= 0.6 is 0 Å². The molecule has 0 amide bonds. The molecule has 100 valence electrons. The molecular weight excluding hydrogens is 241 g/mol. The van der Waals surface area contributed by atoms with Gasteiger partial charge in [-0.15, -0.1) is 0 Å². The molecule has 0 bridgehead atoms. The average molecular weight is 259 g/mol. The Morgan fingerprint density at radius 2 is 1.84 bits per heavy atom. The van der Waals surface area contributed by atoms with Crippen molar-refractivity contribution in [1.29, 1.82) is 0 Å². The van der Waals surface area contributed by atoms with Crippen LogP contribution in [0.4, 0.5) is 10.1 Å². The molecule has 1 unspecified atom stereocenters. The van der Waals surface area contributed by atoms with Crippen LogP contribution in [0, 0.1) is 5.82 Å². The van der Waals surface area contributed by atoms with E-state index in [9.17, 15) is 4.39 Å². The van der Waals surface area contributed by atoms with Crippen LogP contribution < -0.4 is 16.2 Å². The number of nitrogens with zero attached hydrogens (tertiary/aromatic N) is 1. The van der Waals surface area contributed by atoms with E-state index < -0.39 is 0 Å².